The molecule has 6 nitrogen and oxygen atoms in total. The first-order valence-corrected chi connectivity index (χ1v) is 11.0. The van der Waals surface area contributed by atoms with E-state index >= 15 is 0 Å². The summed E-state index contributed by atoms with van der Waals surface area (Å²) in [5.41, 5.74) is 2.52. The predicted octanol–water partition coefficient (Wildman–Crippen LogP) is 5.70. The van der Waals surface area contributed by atoms with E-state index in [1.807, 2.05) is 39.1 Å². The lowest BCUT2D eigenvalue weighted by Gasteiger charge is -2.11. The Morgan fingerprint density at radius 1 is 1.10 bits per heavy atom. The van der Waals surface area contributed by atoms with E-state index in [1.165, 1.54) is 23.9 Å². The van der Waals surface area contributed by atoms with Crippen LogP contribution in [0.2, 0.25) is 15.1 Å². The lowest BCUT2D eigenvalue weighted by molar-refractivity contribution is -0.113. The van der Waals surface area contributed by atoms with E-state index < -0.39 is 0 Å². The van der Waals surface area contributed by atoms with E-state index in [4.69, 9.17) is 39.5 Å². The zero-order valence-electron chi connectivity index (χ0n) is 16.5. The number of anilines is 1. The van der Waals surface area contributed by atoms with Crippen molar-refractivity contribution in [1.82, 2.24) is 14.8 Å². The molecule has 0 radical (unpaired) electrons. The summed E-state index contributed by atoms with van der Waals surface area (Å²) in [6.07, 6.45) is 0. The van der Waals surface area contributed by atoms with Crippen molar-refractivity contribution in [2.75, 3.05) is 11.1 Å². The predicted molar refractivity (Wildman–Crippen MR) is 122 cm³/mol. The van der Waals surface area contributed by atoms with Gasteiger partial charge in [-0.25, -0.2) is 0 Å². The molecule has 0 unspecified atom stereocenters. The molecular weight excluding hydrogens is 467 g/mol. The van der Waals surface area contributed by atoms with Crippen LogP contribution in [0, 0.1) is 13.8 Å². The van der Waals surface area contributed by atoms with Crippen molar-refractivity contribution < 1.29 is 9.53 Å². The number of hydrogen-bond donors (Lipinski definition) is 1. The molecule has 0 atom stereocenters. The van der Waals surface area contributed by atoms with Gasteiger partial charge < -0.3 is 14.6 Å². The molecule has 10 heteroatoms. The zero-order valence-corrected chi connectivity index (χ0v) is 19.6. The Kier molecular flexibility index (Phi) is 7.52. The minimum atomic E-state index is -0.253. The van der Waals surface area contributed by atoms with Crippen LogP contribution in [0.4, 0.5) is 5.69 Å². The van der Waals surface area contributed by atoms with Crippen LogP contribution in [0.3, 0.4) is 0 Å². The average molecular weight is 486 g/mol. The number of carbonyl (C=O) groups excluding carboxylic acids is 1. The number of hydrogen-bond acceptors (Lipinski definition) is 5. The Balaban J connectivity index is 1.59. The van der Waals surface area contributed by atoms with Gasteiger partial charge in [-0.05, 0) is 37.1 Å². The minimum Gasteiger partial charge on any atom is -0.485 e. The first kappa shape index (κ1) is 22.7. The molecule has 3 aromatic rings. The zero-order chi connectivity index (χ0) is 21.8. The van der Waals surface area contributed by atoms with Gasteiger partial charge in [0.15, 0.2) is 11.0 Å². The lowest BCUT2D eigenvalue weighted by atomic mass is 10.1. The fourth-order valence-corrected chi connectivity index (χ4v) is 4.02. The highest BCUT2D eigenvalue weighted by Gasteiger charge is 2.14. The molecule has 0 spiro atoms. The van der Waals surface area contributed by atoms with Crippen LogP contribution in [0.5, 0.6) is 5.75 Å². The fourth-order valence-electron chi connectivity index (χ4n) is 2.69. The Hall–Kier alpha value is -1.93. The first-order valence-electron chi connectivity index (χ1n) is 8.90. The van der Waals surface area contributed by atoms with Crippen LogP contribution >= 0.6 is 46.6 Å². The van der Waals surface area contributed by atoms with E-state index in [9.17, 15) is 4.79 Å². The molecule has 0 saturated heterocycles. The number of nitrogens with one attached hydrogen (secondary N) is 1. The fraction of sp³-hybridized carbons (Fsp3) is 0.250. The van der Waals surface area contributed by atoms with Gasteiger partial charge in [-0.3, -0.25) is 4.79 Å². The number of nitrogens with zero attached hydrogens (tertiary/aromatic N) is 3. The number of para-hydroxylation sites is 1. The van der Waals surface area contributed by atoms with Crippen molar-refractivity contribution in [3.63, 3.8) is 0 Å². The Morgan fingerprint density at radius 2 is 1.77 bits per heavy atom. The number of benzene rings is 2. The molecule has 3 rings (SSSR count). The molecule has 2 aromatic carbocycles. The summed E-state index contributed by atoms with van der Waals surface area (Å²) in [5, 5.41) is 12.6. The second kappa shape index (κ2) is 9.92. The summed E-state index contributed by atoms with van der Waals surface area (Å²) < 4.78 is 7.74. The van der Waals surface area contributed by atoms with Crippen LogP contribution in [-0.4, -0.2) is 26.4 Å². The highest BCUT2D eigenvalue weighted by molar-refractivity contribution is 7.99. The van der Waals surface area contributed by atoms with Gasteiger partial charge in [-0.1, -0.05) is 64.8 Å². The van der Waals surface area contributed by atoms with Gasteiger partial charge in [0, 0.05) is 7.05 Å². The molecule has 158 valence electrons. The van der Waals surface area contributed by atoms with Crippen molar-refractivity contribution >= 4 is 58.2 Å². The lowest BCUT2D eigenvalue weighted by Crippen LogP contribution is -2.15. The minimum absolute atomic E-state index is 0.125. The molecular formula is C20H19Cl3N4O2S. The molecule has 30 heavy (non-hydrogen) atoms. The molecule has 0 aliphatic heterocycles. The Labute approximate surface area is 193 Å². The summed E-state index contributed by atoms with van der Waals surface area (Å²) in [6.45, 7) is 4.28. The second-order valence-corrected chi connectivity index (χ2v) is 8.71. The van der Waals surface area contributed by atoms with E-state index in [1.54, 1.807) is 4.57 Å². The SMILES string of the molecule is Cc1cccc(C)c1OCc1nnc(SCC(=O)Nc2cc(Cl)c(Cl)cc2Cl)n1C. The van der Waals surface area contributed by atoms with Gasteiger partial charge >= 0.3 is 0 Å². The molecule has 0 fully saturated rings. The number of amides is 1. The Bertz CT molecular complexity index is 1070. The molecule has 0 aliphatic carbocycles. The number of thioether (sulfide) groups is 1. The van der Waals surface area contributed by atoms with Gasteiger partial charge in [0.2, 0.25) is 5.91 Å². The normalized spacial score (nSPS) is 10.9. The van der Waals surface area contributed by atoms with Crippen LogP contribution < -0.4 is 10.1 Å². The van der Waals surface area contributed by atoms with Gasteiger partial charge in [-0.15, -0.1) is 10.2 Å². The molecule has 1 N–H and O–H groups in total. The highest BCUT2D eigenvalue weighted by atomic mass is 35.5. The maximum absolute atomic E-state index is 12.3. The molecule has 1 aromatic heterocycles. The first-order chi connectivity index (χ1) is 14.3. The van der Waals surface area contributed by atoms with Crippen LogP contribution in [-0.2, 0) is 18.4 Å². The van der Waals surface area contributed by atoms with E-state index in [0.29, 0.717) is 31.7 Å². The number of carbonyl (C=O) groups is 1. The standard InChI is InChI=1S/C20H19Cl3N4O2S/c1-11-5-4-6-12(2)19(11)29-9-17-25-26-20(27(17)3)30-10-18(28)24-16-8-14(22)13(21)7-15(16)23/h4-8H,9-10H2,1-3H3,(H,24,28). The summed E-state index contributed by atoms with van der Waals surface area (Å²) in [4.78, 5) is 12.3. The van der Waals surface area contributed by atoms with Crippen molar-refractivity contribution in [2.45, 2.75) is 25.6 Å². The van der Waals surface area contributed by atoms with E-state index in [2.05, 4.69) is 15.5 Å². The van der Waals surface area contributed by atoms with Crippen molar-refractivity contribution in [1.29, 1.82) is 0 Å². The van der Waals surface area contributed by atoms with Gasteiger partial charge in [-0.2, -0.15) is 0 Å². The van der Waals surface area contributed by atoms with Gasteiger partial charge in [0.1, 0.15) is 12.4 Å². The Morgan fingerprint density at radius 3 is 2.47 bits per heavy atom. The third-order valence-corrected chi connectivity index (χ3v) is 6.35. The maximum Gasteiger partial charge on any atom is 0.234 e. The molecule has 0 aliphatic rings. The quantitative estimate of drug-likeness (QED) is 0.343. The molecule has 1 heterocycles. The molecule has 0 bridgehead atoms. The van der Waals surface area contributed by atoms with Gasteiger partial charge in [0.05, 0.1) is 26.5 Å². The second-order valence-electron chi connectivity index (χ2n) is 6.55. The maximum atomic E-state index is 12.3. The topological polar surface area (TPSA) is 69.0 Å². The smallest absolute Gasteiger partial charge is 0.234 e. The third-order valence-electron chi connectivity index (χ3n) is 4.30. The summed E-state index contributed by atoms with van der Waals surface area (Å²) in [7, 11) is 1.83. The number of aromatic nitrogens is 3. The number of aryl methyl sites for hydroxylation is 2. The van der Waals surface area contributed by atoms with Crippen molar-refractivity contribution in [2.24, 2.45) is 7.05 Å². The van der Waals surface area contributed by atoms with Crippen LogP contribution in [0.25, 0.3) is 0 Å². The van der Waals surface area contributed by atoms with Crippen molar-refractivity contribution in [3.05, 3.63) is 62.4 Å². The van der Waals surface area contributed by atoms with Crippen LogP contribution in [0.15, 0.2) is 35.5 Å². The van der Waals surface area contributed by atoms with E-state index in [0.717, 1.165) is 16.9 Å². The van der Waals surface area contributed by atoms with Crippen molar-refractivity contribution in [3.8, 4) is 5.75 Å². The monoisotopic (exact) mass is 484 g/mol. The molecule has 0 saturated carbocycles. The third kappa shape index (κ3) is 5.40. The number of halogens is 3. The van der Waals surface area contributed by atoms with Gasteiger partial charge in [0.25, 0.3) is 0 Å². The largest absolute Gasteiger partial charge is 0.485 e. The highest BCUT2D eigenvalue weighted by Crippen LogP contribution is 2.32. The van der Waals surface area contributed by atoms with E-state index in [-0.39, 0.29) is 18.3 Å². The summed E-state index contributed by atoms with van der Waals surface area (Å²) in [5.74, 6) is 1.37. The number of ether oxygens (including phenoxy) is 1. The summed E-state index contributed by atoms with van der Waals surface area (Å²) >= 11 is 19.2. The van der Waals surface area contributed by atoms with Crippen LogP contribution in [0.1, 0.15) is 17.0 Å². The number of rotatable bonds is 7. The molecule has 1 amide bonds. The summed E-state index contributed by atoms with van der Waals surface area (Å²) in [6, 6.07) is 8.99. The average Bonchev–Trinajstić information content (AvgIpc) is 3.04.